The van der Waals surface area contributed by atoms with Crippen molar-refractivity contribution in [1.29, 1.82) is 0 Å². The van der Waals surface area contributed by atoms with E-state index in [4.69, 9.17) is 14.5 Å². The number of methoxy groups -OCH3 is 1. The van der Waals surface area contributed by atoms with Gasteiger partial charge < -0.3 is 19.1 Å². The molecule has 6 nitrogen and oxygen atoms in total. The molecule has 2 aromatic heterocycles. The van der Waals surface area contributed by atoms with Crippen LogP contribution in [0.3, 0.4) is 0 Å². The van der Waals surface area contributed by atoms with E-state index >= 15 is 0 Å². The first kappa shape index (κ1) is 18.7. The maximum atomic E-state index is 11.7. The second-order valence-corrected chi connectivity index (χ2v) is 7.70. The van der Waals surface area contributed by atoms with Gasteiger partial charge >= 0.3 is 5.97 Å². The normalized spacial score (nSPS) is 16.4. The Balaban J connectivity index is 1.70. The highest BCUT2D eigenvalue weighted by atomic mass is 32.1. The summed E-state index contributed by atoms with van der Waals surface area (Å²) in [5.74, 6) is -0.122. The van der Waals surface area contributed by atoms with Crippen LogP contribution in [0.1, 0.15) is 28.9 Å². The van der Waals surface area contributed by atoms with E-state index in [0.717, 1.165) is 52.9 Å². The molecule has 1 unspecified atom stereocenters. The van der Waals surface area contributed by atoms with E-state index in [1.807, 2.05) is 41.1 Å². The van der Waals surface area contributed by atoms with Crippen molar-refractivity contribution in [3.05, 3.63) is 47.0 Å². The van der Waals surface area contributed by atoms with Crippen LogP contribution in [0, 0.1) is 6.92 Å². The summed E-state index contributed by atoms with van der Waals surface area (Å²) in [7, 11) is 1.64. The van der Waals surface area contributed by atoms with Crippen LogP contribution in [0.4, 0.5) is 0 Å². The van der Waals surface area contributed by atoms with E-state index in [0.29, 0.717) is 12.1 Å². The topological polar surface area (TPSA) is 73.6 Å². The Hall–Kier alpha value is -2.64. The highest BCUT2D eigenvalue weighted by Gasteiger charge is 2.24. The quantitative estimate of drug-likeness (QED) is 0.663. The number of rotatable bonds is 6. The highest BCUT2D eigenvalue weighted by molar-refractivity contribution is 7.13. The third-order valence-electron chi connectivity index (χ3n) is 5.11. The van der Waals surface area contributed by atoms with Crippen molar-refractivity contribution in [2.24, 2.45) is 0 Å². The molecule has 3 aromatic rings. The van der Waals surface area contributed by atoms with Crippen LogP contribution in [0.15, 0.2) is 35.7 Å². The molecule has 0 radical (unpaired) electrons. The summed E-state index contributed by atoms with van der Waals surface area (Å²) in [4.78, 5) is 16.4. The lowest BCUT2D eigenvalue weighted by Gasteiger charge is -2.15. The van der Waals surface area contributed by atoms with E-state index < -0.39 is 5.97 Å². The summed E-state index contributed by atoms with van der Waals surface area (Å²) in [5.41, 5.74) is 3.65. The Morgan fingerprint density at radius 2 is 2.18 bits per heavy atom. The molecule has 1 N–H and O–H groups in total. The zero-order valence-corrected chi connectivity index (χ0v) is 16.7. The molecule has 1 aliphatic rings. The van der Waals surface area contributed by atoms with Gasteiger partial charge in [-0.3, -0.25) is 0 Å². The van der Waals surface area contributed by atoms with Crippen molar-refractivity contribution in [1.82, 2.24) is 9.55 Å². The van der Waals surface area contributed by atoms with Crippen LogP contribution >= 0.6 is 11.3 Å². The molecular formula is C21H22N2O4S. The molecule has 0 amide bonds. The van der Waals surface area contributed by atoms with Crippen molar-refractivity contribution in [3.63, 3.8) is 0 Å². The minimum Gasteiger partial charge on any atom is -0.497 e. The van der Waals surface area contributed by atoms with E-state index in [1.165, 1.54) is 0 Å². The Morgan fingerprint density at radius 1 is 1.39 bits per heavy atom. The third-order valence-corrected chi connectivity index (χ3v) is 6.00. The largest absolute Gasteiger partial charge is 0.497 e. The highest BCUT2D eigenvalue weighted by Crippen LogP contribution is 2.33. The molecule has 7 heteroatoms. The fraction of sp³-hybridized carbons (Fsp3) is 0.333. The molecule has 0 spiro atoms. The van der Waals surface area contributed by atoms with Crippen molar-refractivity contribution >= 4 is 17.3 Å². The predicted molar refractivity (Wildman–Crippen MR) is 108 cm³/mol. The lowest BCUT2D eigenvalue weighted by Crippen LogP contribution is -2.17. The van der Waals surface area contributed by atoms with Crippen molar-refractivity contribution < 1.29 is 19.4 Å². The summed E-state index contributed by atoms with van der Waals surface area (Å²) in [5, 5.41) is 12.4. The first-order valence-electron chi connectivity index (χ1n) is 9.22. The molecule has 146 valence electrons. The van der Waals surface area contributed by atoms with Gasteiger partial charge in [0.25, 0.3) is 0 Å². The Morgan fingerprint density at radius 3 is 2.82 bits per heavy atom. The number of benzene rings is 1. The van der Waals surface area contributed by atoms with E-state index in [1.54, 1.807) is 24.5 Å². The zero-order chi connectivity index (χ0) is 19.7. The van der Waals surface area contributed by atoms with Crippen LogP contribution in [-0.4, -0.2) is 40.4 Å². The van der Waals surface area contributed by atoms with Gasteiger partial charge in [-0.1, -0.05) is 0 Å². The number of aromatic carboxylic acids is 1. The molecule has 0 bridgehead atoms. The number of carboxylic acid groups (broad SMARTS) is 1. The second-order valence-electron chi connectivity index (χ2n) is 6.85. The number of carbonyl (C=O) groups is 1. The molecule has 28 heavy (non-hydrogen) atoms. The maximum absolute atomic E-state index is 11.7. The van der Waals surface area contributed by atoms with Crippen LogP contribution in [0.5, 0.6) is 5.75 Å². The molecule has 4 rings (SSSR count). The number of aromatic nitrogens is 2. The van der Waals surface area contributed by atoms with Crippen LogP contribution in [-0.2, 0) is 11.3 Å². The van der Waals surface area contributed by atoms with Gasteiger partial charge in [0.1, 0.15) is 10.8 Å². The van der Waals surface area contributed by atoms with E-state index in [9.17, 15) is 9.90 Å². The molecule has 0 saturated carbocycles. The minimum atomic E-state index is -0.921. The maximum Gasteiger partial charge on any atom is 0.337 e. The number of hydrogen-bond donors (Lipinski definition) is 1. The summed E-state index contributed by atoms with van der Waals surface area (Å²) in [6.45, 7) is 3.26. The fourth-order valence-electron chi connectivity index (χ4n) is 3.56. The Bertz CT molecular complexity index is 985. The minimum absolute atomic E-state index is 0.117. The lowest BCUT2D eigenvalue weighted by atomic mass is 10.2. The van der Waals surface area contributed by atoms with Gasteiger partial charge in [-0.2, -0.15) is 0 Å². The summed E-state index contributed by atoms with van der Waals surface area (Å²) >= 11 is 1.54. The molecule has 1 fully saturated rings. The number of carboxylic acids is 1. The van der Waals surface area contributed by atoms with E-state index in [-0.39, 0.29) is 6.10 Å². The molecule has 1 aromatic carbocycles. The molecule has 3 heterocycles. The van der Waals surface area contributed by atoms with Crippen LogP contribution in [0.25, 0.3) is 22.0 Å². The van der Waals surface area contributed by atoms with Gasteiger partial charge in [0.2, 0.25) is 0 Å². The van der Waals surface area contributed by atoms with Gasteiger partial charge in [0.05, 0.1) is 30.2 Å². The van der Waals surface area contributed by atoms with Crippen molar-refractivity contribution in [2.45, 2.75) is 32.4 Å². The Kier molecular flexibility index (Phi) is 5.19. The molecular weight excluding hydrogens is 376 g/mol. The number of hydrogen-bond acceptors (Lipinski definition) is 5. The lowest BCUT2D eigenvalue weighted by molar-refractivity contribution is 0.0694. The van der Waals surface area contributed by atoms with Gasteiger partial charge in [0.15, 0.2) is 0 Å². The molecule has 1 saturated heterocycles. The summed E-state index contributed by atoms with van der Waals surface area (Å²) in [6.07, 6.45) is 2.16. The molecule has 1 atom stereocenters. The average molecular weight is 398 g/mol. The van der Waals surface area contributed by atoms with Crippen molar-refractivity contribution in [3.8, 4) is 27.7 Å². The first-order valence-corrected chi connectivity index (χ1v) is 10.1. The number of ether oxygens (including phenoxy) is 2. The van der Waals surface area contributed by atoms with Gasteiger partial charge in [-0.25, -0.2) is 9.78 Å². The van der Waals surface area contributed by atoms with Gasteiger partial charge in [0, 0.05) is 29.8 Å². The van der Waals surface area contributed by atoms with Crippen molar-refractivity contribution in [2.75, 3.05) is 13.7 Å². The summed E-state index contributed by atoms with van der Waals surface area (Å²) in [6, 6.07) is 9.48. The van der Waals surface area contributed by atoms with Gasteiger partial charge in [-0.05, 0) is 50.1 Å². The average Bonchev–Trinajstić information content (AvgIpc) is 3.44. The molecule has 0 aliphatic carbocycles. The smallest absolute Gasteiger partial charge is 0.337 e. The SMILES string of the molecule is COc1ccc(-c2nc(-c3cc(C(=O)O)c(C)n3CC3CCCO3)cs2)cc1. The van der Waals surface area contributed by atoms with Crippen LogP contribution in [0.2, 0.25) is 0 Å². The van der Waals surface area contributed by atoms with Gasteiger partial charge in [-0.15, -0.1) is 11.3 Å². The fourth-order valence-corrected chi connectivity index (χ4v) is 4.38. The first-order chi connectivity index (χ1) is 13.6. The van der Waals surface area contributed by atoms with E-state index in [2.05, 4.69) is 0 Å². The molecule has 1 aliphatic heterocycles. The predicted octanol–water partition coefficient (Wildman–Crippen LogP) is 4.47. The number of nitrogens with zero attached hydrogens (tertiary/aromatic N) is 2. The monoisotopic (exact) mass is 398 g/mol. The summed E-state index contributed by atoms with van der Waals surface area (Å²) < 4.78 is 13.0. The second kappa shape index (κ2) is 7.77. The standard InChI is InChI=1S/C21H22N2O4S/c1-13-17(21(24)25)10-19(23(13)11-16-4-3-9-27-16)18-12-28-20(22-18)14-5-7-15(26-2)8-6-14/h5-8,10,12,16H,3-4,9,11H2,1-2H3,(H,24,25). The number of thiazole rings is 1. The van der Waals surface area contributed by atoms with Crippen LogP contribution < -0.4 is 4.74 Å². The third kappa shape index (κ3) is 3.55. The Labute approximate surface area is 167 Å². The zero-order valence-electron chi connectivity index (χ0n) is 15.8.